The van der Waals surface area contributed by atoms with Crippen LogP contribution in [0.3, 0.4) is 0 Å². The van der Waals surface area contributed by atoms with E-state index < -0.39 is 10.1 Å². The molecule has 42 heavy (non-hydrogen) atoms. The highest BCUT2D eigenvalue weighted by molar-refractivity contribution is 8.19. The Kier molecular flexibility index (Phi) is 9.15. The minimum absolute atomic E-state index is 0.00707. The molecule has 1 aliphatic heterocycles. The molecule has 5 rings (SSSR count). The zero-order valence-corrected chi connectivity index (χ0v) is 25.7. The van der Waals surface area contributed by atoms with Crippen LogP contribution < -0.4 is 13.8 Å². The summed E-state index contributed by atoms with van der Waals surface area (Å²) in [6.45, 7) is 1.96. The molecule has 0 saturated carbocycles. The molecule has 7 nitrogen and oxygen atoms in total. The zero-order valence-electron chi connectivity index (χ0n) is 21.8. The van der Waals surface area contributed by atoms with E-state index in [-0.39, 0.29) is 33.9 Å². The predicted molar refractivity (Wildman–Crippen MR) is 170 cm³/mol. The molecular formula is C30H21Cl3N2O5S2. The van der Waals surface area contributed by atoms with Gasteiger partial charge in [0.2, 0.25) is 5.75 Å². The van der Waals surface area contributed by atoms with Crippen LogP contribution in [-0.2, 0) is 14.9 Å². The van der Waals surface area contributed by atoms with Crippen molar-refractivity contribution in [3.8, 4) is 11.5 Å². The van der Waals surface area contributed by atoms with Crippen LogP contribution in [0, 0.1) is 0 Å². The Bertz CT molecular complexity index is 1800. The lowest BCUT2D eigenvalue weighted by Gasteiger charge is -2.16. The second-order valence-electron chi connectivity index (χ2n) is 8.71. The summed E-state index contributed by atoms with van der Waals surface area (Å²) in [5.74, 6) is -0.366. The number of halogens is 3. The quantitative estimate of drug-likeness (QED) is 0.139. The molecule has 0 aliphatic carbocycles. The third-order valence-corrected chi connectivity index (χ3v) is 8.79. The maximum atomic E-state index is 13.7. The van der Waals surface area contributed by atoms with E-state index in [9.17, 15) is 13.2 Å². The van der Waals surface area contributed by atoms with Crippen LogP contribution in [0.5, 0.6) is 11.5 Å². The van der Waals surface area contributed by atoms with Gasteiger partial charge in [-0.2, -0.15) is 8.42 Å². The van der Waals surface area contributed by atoms with E-state index in [0.717, 1.165) is 0 Å². The summed E-state index contributed by atoms with van der Waals surface area (Å²) in [6.07, 6.45) is 1.63. The van der Waals surface area contributed by atoms with Crippen LogP contribution in [0.15, 0.2) is 106 Å². The van der Waals surface area contributed by atoms with Gasteiger partial charge in [0.25, 0.3) is 5.91 Å². The van der Waals surface area contributed by atoms with Crippen molar-refractivity contribution in [2.24, 2.45) is 4.99 Å². The van der Waals surface area contributed by atoms with Gasteiger partial charge in [0.1, 0.15) is 4.90 Å². The summed E-state index contributed by atoms with van der Waals surface area (Å²) in [7, 11) is -4.18. The number of benzene rings is 4. The van der Waals surface area contributed by atoms with Crippen molar-refractivity contribution < 1.29 is 22.1 Å². The molecule has 12 heteroatoms. The number of carbonyl (C=O) groups is 1. The van der Waals surface area contributed by atoms with Crippen LogP contribution in [0.25, 0.3) is 6.08 Å². The standard InChI is InChI=1S/C30H21Cl3N2O5S2/c1-2-39-26-17-19(16-25(33)28(26)40-42(37,38)24-6-4-3-5-7-24)18-27-29(36)35(23-14-10-21(32)11-15-23)30(41-27)34-22-12-8-20(31)9-13-22/h3-18H,2H2,1H3/b27-18-,34-30?. The van der Waals surface area contributed by atoms with Crippen LogP contribution in [0.2, 0.25) is 15.1 Å². The molecule has 0 spiro atoms. The van der Waals surface area contributed by atoms with Crippen molar-refractivity contribution in [3.63, 3.8) is 0 Å². The van der Waals surface area contributed by atoms with Gasteiger partial charge in [-0.05, 0) is 103 Å². The Balaban J connectivity index is 1.53. The van der Waals surface area contributed by atoms with Crippen LogP contribution in [-0.4, -0.2) is 26.1 Å². The minimum atomic E-state index is -4.18. The summed E-state index contributed by atoms with van der Waals surface area (Å²) in [5.41, 5.74) is 1.68. The number of ether oxygens (including phenoxy) is 1. The van der Waals surface area contributed by atoms with E-state index in [1.807, 2.05) is 0 Å². The van der Waals surface area contributed by atoms with Crippen LogP contribution in [0.4, 0.5) is 11.4 Å². The number of hydrogen-bond donors (Lipinski definition) is 0. The van der Waals surface area contributed by atoms with Gasteiger partial charge in [0, 0.05) is 10.0 Å². The number of carbonyl (C=O) groups excluding carboxylic acids is 1. The molecule has 1 fully saturated rings. The zero-order chi connectivity index (χ0) is 29.9. The van der Waals surface area contributed by atoms with E-state index in [4.69, 9.17) is 43.7 Å². The van der Waals surface area contributed by atoms with Crippen molar-refractivity contribution in [1.29, 1.82) is 0 Å². The van der Waals surface area contributed by atoms with Gasteiger partial charge in [0.15, 0.2) is 10.9 Å². The molecule has 0 unspecified atom stereocenters. The van der Waals surface area contributed by atoms with Crippen LogP contribution in [0.1, 0.15) is 12.5 Å². The fourth-order valence-corrected chi connectivity index (χ4v) is 6.44. The Morgan fingerprint density at radius 3 is 2.19 bits per heavy atom. The smallest absolute Gasteiger partial charge is 0.339 e. The molecule has 1 saturated heterocycles. The highest BCUT2D eigenvalue weighted by Crippen LogP contribution is 2.42. The number of aliphatic imine (C=N–C) groups is 1. The van der Waals surface area contributed by atoms with E-state index in [0.29, 0.717) is 37.1 Å². The van der Waals surface area contributed by atoms with Gasteiger partial charge >= 0.3 is 10.1 Å². The maximum Gasteiger partial charge on any atom is 0.339 e. The molecule has 1 aliphatic rings. The minimum Gasteiger partial charge on any atom is -0.490 e. The molecular weight excluding hydrogens is 639 g/mol. The van der Waals surface area contributed by atoms with E-state index in [1.165, 1.54) is 34.9 Å². The maximum absolute atomic E-state index is 13.7. The Labute approximate surface area is 262 Å². The molecule has 1 amide bonds. The fourth-order valence-electron chi connectivity index (χ4n) is 3.90. The number of thioether (sulfide) groups is 1. The normalized spacial score (nSPS) is 15.4. The molecule has 1 heterocycles. The second kappa shape index (κ2) is 12.8. The third kappa shape index (κ3) is 6.77. The average molecular weight is 660 g/mol. The van der Waals surface area contributed by atoms with Gasteiger partial charge in [-0.15, -0.1) is 0 Å². The lowest BCUT2D eigenvalue weighted by Crippen LogP contribution is -2.28. The molecule has 0 radical (unpaired) electrons. The van der Waals surface area contributed by atoms with Gasteiger partial charge < -0.3 is 8.92 Å². The molecule has 0 atom stereocenters. The lowest BCUT2D eigenvalue weighted by atomic mass is 10.1. The van der Waals surface area contributed by atoms with Crippen molar-refractivity contribution in [3.05, 3.63) is 117 Å². The van der Waals surface area contributed by atoms with Crippen molar-refractivity contribution in [1.82, 2.24) is 0 Å². The Morgan fingerprint density at radius 2 is 1.55 bits per heavy atom. The Hall–Kier alpha value is -3.47. The first kappa shape index (κ1) is 30.0. The molecule has 0 aromatic heterocycles. The topological polar surface area (TPSA) is 85.3 Å². The lowest BCUT2D eigenvalue weighted by molar-refractivity contribution is -0.113. The Morgan fingerprint density at radius 1 is 0.905 bits per heavy atom. The summed E-state index contributed by atoms with van der Waals surface area (Å²) in [4.78, 5) is 20.2. The van der Waals surface area contributed by atoms with E-state index in [2.05, 4.69) is 4.99 Å². The van der Waals surface area contributed by atoms with Crippen molar-refractivity contribution in [2.45, 2.75) is 11.8 Å². The number of rotatable bonds is 8. The van der Waals surface area contributed by atoms with Gasteiger partial charge in [-0.25, -0.2) is 4.99 Å². The summed E-state index contributed by atoms with van der Waals surface area (Å²) < 4.78 is 36.9. The van der Waals surface area contributed by atoms with Gasteiger partial charge in [-0.3, -0.25) is 9.69 Å². The SMILES string of the molecule is CCOc1cc(/C=C2\SC(=Nc3ccc(Cl)cc3)N(c3ccc(Cl)cc3)C2=O)cc(Cl)c1OS(=O)(=O)c1ccccc1. The highest BCUT2D eigenvalue weighted by Gasteiger charge is 2.35. The number of hydrogen-bond acceptors (Lipinski definition) is 7. The third-order valence-electron chi connectivity index (χ3n) is 5.80. The fraction of sp³-hybridized carbons (Fsp3) is 0.0667. The first-order valence-corrected chi connectivity index (χ1v) is 15.8. The second-order valence-corrected chi connectivity index (χ2v) is 12.5. The first-order chi connectivity index (χ1) is 20.1. The molecule has 4 aromatic rings. The van der Waals surface area contributed by atoms with Gasteiger partial charge in [0.05, 0.1) is 27.9 Å². The number of anilines is 1. The number of nitrogens with zero attached hydrogens (tertiary/aromatic N) is 2. The number of amides is 1. The molecule has 0 N–H and O–H groups in total. The van der Waals surface area contributed by atoms with Crippen LogP contribution >= 0.6 is 46.6 Å². The average Bonchev–Trinajstić information content (AvgIpc) is 3.27. The summed E-state index contributed by atoms with van der Waals surface area (Å²) >= 11 is 19.8. The van der Waals surface area contributed by atoms with Gasteiger partial charge in [-0.1, -0.05) is 53.0 Å². The largest absolute Gasteiger partial charge is 0.490 e. The summed E-state index contributed by atoms with van der Waals surface area (Å²) in [5, 5.41) is 1.50. The van der Waals surface area contributed by atoms with E-state index >= 15 is 0 Å². The highest BCUT2D eigenvalue weighted by atomic mass is 35.5. The number of amidine groups is 1. The molecule has 214 valence electrons. The first-order valence-electron chi connectivity index (χ1n) is 12.4. The predicted octanol–water partition coefficient (Wildman–Crippen LogP) is 8.62. The van der Waals surface area contributed by atoms with Crippen molar-refractivity contribution >= 4 is 85.2 Å². The molecule has 0 bridgehead atoms. The molecule has 4 aromatic carbocycles. The van der Waals surface area contributed by atoms with Crippen molar-refractivity contribution in [2.75, 3.05) is 11.5 Å². The van der Waals surface area contributed by atoms with E-state index in [1.54, 1.807) is 85.8 Å². The summed E-state index contributed by atoms with van der Waals surface area (Å²) in [6, 6.07) is 24.5. The monoisotopic (exact) mass is 658 g/mol.